The van der Waals surface area contributed by atoms with Gasteiger partial charge in [-0.15, -0.1) is 0 Å². The minimum Gasteiger partial charge on any atom is -0.496 e. The van der Waals surface area contributed by atoms with Gasteiger partial charge in [0.2, 0.25) is 0 Å². The van der Waals surface area contributed by atoms with E-state index in [2.05, 4.69) is 10.6 Å². The van der Waals surface area contributed by atoms with Gasteiger partial charge in [-0.2, -0.15) is 0 Å². The highest BCUT2D eigenvalue weighted by Gasteiger charge is 2.09. The zero-order valence-corrected chi connectivity index (χ0v) is 7.50. The minimum atomic E-state index is 0.785. The number of hydrogen-bond donors (Lipinski definition) is 2. The largest absolute Gasteiger partial charge is 0.496 e. The Hall–Kier alpha value is -1.64. The molecule has 0 radical (unpaired) electrons. The molecule has 0 aliphatic carbocycles. The Balaban J connectivity index is 2.38. The van der Waals surface area contributed by atoms with Gasteiger partial charge in [0.1, 0.15) is 5.75 Å². The first-order valence-corrected chi connectivity index (χ1v) is 4.22. The highest BCUT2D eigenvalue weighted by molar-refractivity contribution is 5.69. The van der Waals surface area contributed by atoms with E-state index >= 15 is 0 Å². The number of hydrogen-bond acceptors (Lipinski definition) is 3. The molecule has 0 bridgehead atoms. The van der Waals surface area contributed by atoms with Gasteiger partial charge < -0.3 is 15.4 Å². The van der Waals surface area contributed by atoms with E-state index in [0.717, 1.165) is 23.7 Å². The van der Waals surface area contributed by atoms with Gasteiger partial charge in [0.05, 0.1) is 19.5 Å². The molecule has 3 nitrogen and oxygen atoms in total. The van der Waals surface area contributed by atoms with E-state index in [1.807, 2.05) is 30.5 Å². The van der Waals surface area contributed by atoms with Gasteiger partial charge in [-0.25, -0.2) is 0 Å². The number of nitrogens with one attached hydrogen (secondary N) is 2. The lowest BCUT2D eigenvalue weighted by Crippen LogP contribution is -2.13. The van der Waals surface area contributed by atoms with Gasteiger partial charge in [-0.1, -0.05) is 12.1 Å². The average molecular weight is 176 g/mol. The Bertz CT molecular complexity index is 333. The molecule has 68 valence electrons. The van der Waals surface area contributed by atoms with E-state index in [9.17, 15) is 0 Å². The maximum Gasteiger partial charge on any atom is 0.128 e. The van der Waals surface area contributed by atoms with Crippen molar-refractivity contribution in [2.45, 2.75) is 0 Å². The number of methoxy groups -OCH3 is 1. The second-order valence-electron chi connectivity index (χ2n) is 2.82. The van der Waals surface area contributed by atoms with E-state index in [-0.39, 0.29) is 0 Å². The van der Waals surface area contributed by atoms with Crippen molar-refractivity contribution in [2.75, 3.05) is 13.8 Å². The lowest BCUT2D eigenvalue weighted by molar-refractivity contribution is 0.413. The topological polar surface area (TPSA) is 33.3 Å². The molecule has 0 amide bonds. The fraction of sp³-hybridized carbons (Fsp3) is 0.200. The zero-order chi connectivity index (χ0) is 9.10. The maximum absolute atomic E-state index is 5.25. The van der Waals surface area contributed by atoms with Crippen LogP contribution in [0.2, 0.25) is 0 Å². The zero-order valence-electron chi connectivity index (χ0n) is 7.50. The van der Waals surface area contributed by atoms with Crippen LogP contribution in [0.1, 0.15) is 5.56 Å². The third-order valence-electron chi connectivity index (χ3n) is 2.02. The molecule has 1 heterocycles. The maximum atomic E-state index is 5.25. The summed E-state index contributed by atoms with van der Waals surface area (Å²) in [4.78, 5) is 0. The third-order valence-corrected chi connectivity index (χ3v) is 2.02. The van der Waals surface area contributed by atoms with E-state index in [1.165, 1.54) is 0 Å². The summed E-state index contributed by atoms with van der Waals surface area (Å²) in [6.45, 7) is 0.785. The van der Waals surface area contributed by atoms with Crippen molar-refractivity contribution in [3.8, 4) is 5.75 Å². The van der Waals surface area contributed by atoms with Crippen LogP contribution in [0.15, 0.2) is 30.5 Å². The fourth-order valence-corrected chi connectivity index (χ4v) is 1.39. The van der Waals surface area contributed by atoms with Gasteiger partial charge >= 0.3 is 0 Å². The third kappa shape index (κ3) is 1.45. The summed E-state index contributed by atoms with van der Waals surface area (Å²) < 4.78 is 5.25. The molecule has 0 saturated carbocycles. The molecule has 0 unspecified atom stereocenters. The molecular weight excluding hydrogens is 164 g/mol. The van der Waals surface area contributed by atoms with Crippen LogP contribution in [0.4, 0.5) is 0 Å². The second kappa shape index (κ2) is 3.39. The highest BCUT2D eigenvalue weighted by Crippen LogP contribution is 2.24. The number of para-hydroxylation sites is 1. The van der Waals surface area contributed by atoms with Crippen LogP contribution in [-0.2, 0) is 0 Å². The fourth-order valence-electron chi connectivity index (χ4n) is 1.39. The summed E-state index contributed by atoms with van der Waals surface area (Å²) >= 11 is 0. The smallest absolute Gasteiger partial charge is 0.128 e. The van der Waals surface area contributed by atoms with Crippen LogP contribution in [0.5, 0.6) is 5.75 Å². The summed E-state index contributed by atoms with van der Waals surface area (Å²) in [5.74, 6) is 0.893. The molecule has 0 aromatic heterocycles. The highest BCUT2D eigenvalue weighted by atomic mass is 16.5. The van der Waals surface area contributed by atoms with Crippen LogP contribution in [0.25, 0.3) is 5.70 Å². The number of benzene rings is 1. The molecule has 1 aliphatic rings. The molecule has 1 aromatic carbocycles. The normalized spacial score (nSPS) is 14.4. The first kappa shape index (κ1) is 7.98. The molecule has 2 N–H and O–H groups in total. The summed E-state index contributed by atoms with van der Waals surface area (Å²) in [6.07, 6.45) is 1.96. The Morgan fingerprint density at radius 1 is 1.31 bits per heavy atom. The predicted molar refractivity (Wildman–Crippen MR) is 52.1 cm³/mol. The molecule has 0 atom stereocenters. The standard InChI is InChI=1S/C10H12N2O/c1-13-10-5-3-2-4-8(10)9-6-11-7-12-9/h2-6,11-12H,7H2,1H3. The Kier molecular flexibility index (Phi) is 2.08. The molecule has 1 aromatic rings. The second-order valence-corrected chi connectivity index (χ2v) is 2.82. The van der Waals surface area contributed by atoms with Crippen molar-refractivity contribution < 1.29 is 4.74 Å². The van der Waals surface area contributed by atoms with Crippen LogP contribution in [0, 0.1) is 0 Å². The Morgan fingerprint density at radius 3 is 2.85 bits per heavy atom. The van der Waals surface area contributed by atoms with Gasteiger partial charge in [-0.3, -0.25) is 0 Å². The molecular formula is C10H12N2O. The summed E-state index contributed by atoms with van der Waals surface area (Å²) in [5, 5.41) is 6.31. The van der Waals surface area contributed by atoms with Gasteiger partial charge in [0, 0.05) is 11.8 Å². The first-order valence-electron chi connectivity index (χ1n) is 4.22. The molecule has 0 spiro atoms. The summed E-state index contributed by atoms with van der Waals surface area (Å²) in [7, 11) is 1.68. The van der Waals surface area contributed by atoms with Crippen LogP contribution >= 0.6 is 0 Å². The van der Waals surface area contributed by atoms with Crippen LogP contribution < -0.4 is 15.4 Å². The minimum absolute atomic E-state index is 0.785. The monoisotopic (exact) mass is 176 g/mol. The molecule has 1 aliphatic heterocycles. The van der Waals surface area contributed by atoms with Crippen molar-refractivity contribution in [1.29, 1.82) is 0 Å². The SMILES string of the molecule is COc1ccccc1C1=CNCN1. The van der Waals surface area contributed by atoms with Crippen molar-refractivity contribution in [3.05, 3.63) is 36.0 Å². The summed E-state index contributed by atoms with van der Waals surface area (Å²) in [5.41, 5.74) is 2.17. The van der Waals surface area contributed by atoms with Crippen LogP contribution in [-0.4, -0.2) is 13.8 Å². The predicted octanol–water partition coefficient (Wildman–Crippen LogP) is 1.14. The molecule has 0 saturated heterocycles. The number of rotatable bonds is 2. The van der Waals surface area contributed by atoms with E-state index in [0.29, 0.717) is 0 Å². The molecule has 0 fully saturated rings. The van der Waals surface area contributed by atoms with E-state index in [4.69, 9.17) is 4.74 Å². The van der Waals surface area contributed by atoms with Crippen molar-refractivity contribution in [2.24, 2.45) is 0 Å². The molecule has 13 heavy (non-hydrogen) atoms. The van der Waals surface area contributed by atoms with E-state index < -0.39 is 0 Å². The first-order chi connectivity index (χ1) is 6.42. The Morgan fingerprint density at radius 2 is 2.15 bits per heavy atom. The lowest BCUT2D eigenvalue weighted by atomic mass is 10.1. The number of ether oxygens (including phenoxy) is 1. The van der Waals surface area contributed by atoms with Crippen molar-refractivity contribution in [3.63, 3.8) is 0 Å². The lowest BCUT2D eigenvalue weighted by Gasteiger charge is -2.08. The van der Waals surface area contributed by atoms with Gasteiger partial charge in [0.25, 0.3) is 0 Å². The van der Waals surface area contributed by atoms with Crippen molar-refractivity contribution in [1.82, 2.24) is 10.6 Å². The van der Waals surface area contributed by atoms with Crippen LogP contribution in [0.3, 0.4) is 0 Å². The molecule has 3 heteroatoms. The Labute approximate surface area is 77.4 Å². The van der Waals surface area contributed by atoms with Gasteiger partial charge in [-0.05, 0) is 12.1 Å². The average Bonchev–Trinajstić information content (AvgIpc) is 2.70. The van der Waals surface area contributed by atoms with Gasteiger partial charge in [0.15, 0.2) is 0 Å². The van der Waals surface area contributed by atoms with Crippen molar-refractivity contribution >= 4 is 5.70 Å². The summed E-state index contributed by atoms with van der Waals surface area (Å²) in [6, 6.07) is 7.95. The van der Waals surface area contributed by atoms with E-state index in [1.54, 1.807) is 7.11 Å². The quantitative estimate of drug-likeness (QED) is 0.709. The molecule has 2 rings (SSSR count).